The number of nitrogens with two attached hydrogens (primary N) is 1. The SMILES string of the molecule is COCC1CCN(S(=O)(=O)c2cc(C)c(Cl)c(N)c2)CC1. The summed E-state index contributed by atoms with van der Waals surface area (Å²) in [6.45, 7) is 3.46. The molecule has 21 heavy (non-hydrogen) atoms. The fourth-order valence-corrected chi connectivity index (χ4v) is 4.31. The first-order valence-electron chi connectivity index (χ1n) is 6.91. The van der Waals surface area contributed by atoms with Crippen molar-refractivity contribution in [1.29, 1.82) is 0 Å². The molecule has 0 amide bonds. The highest BCUT2D eigenvalue weighted by Crippen LogP contribution is 2.30. The Hall–Kier alpha value is -0.820. The van der Waals surface area contributed by atoms with Gasteiger partial charge in [0.25, 0.3) is 0 Å². The average molecular weight is 333 g/mol. The van der Waals surface area contributed by atoms with Crippen molar-refractivity contribution in [2.24, 2.45) is 5.92 Å². The van der Waals surface area contributed by atoms with Gasteiger partial charge in [-0.2, -0.15) is 4.31 Å². The minimum atomic E-state index is -3.51. The van der Waals surface area contributed by atoms with Gasteiger partial charge in [0.15, 0.2) is 0 Å². The maximum absolute atomic E-state index is 12.7. The minimum absolute atomic E-state index is 0.215. The van der Waals surface area contributed by atoms with Gasteiger partial charge in [-0.15, -0.1) is 0 Å². The van der Waals surface area contributed by atoms with Crippen molar-refractivity contribution in [3.8, 4) is 0 Å². The Labute approximate surface area is 131 Å². The van der Waals surface area contributed by atoms with Crippen molar-refractivity contribution < 1.29 is 13.2 Å². The van der Waals surface area contributed by atoms with Gasteiger partial charge in [-0.25, -0.2) is 8.42 Å². The normalized spacial score (nSPS) is 18.0. The highest BCUT2D eigenvalue weighted by molar-refractivity contribution is 7.89. The topological polar surface area (TPSA) is 72.6 Å². The molecule has 118 valence electrons. The van der Waals surface area contributed by atoms with E-state index in [1.807, 2.05) is 0 Å². The molecule has 7 heteroatoms. The lowest BCUT2D eigenvalue weighted by atomic mass is 9.99. The van der Waals surface area contributed by atoms with E-state index in [0.717, 1.165) is 12.8 Å². The molecule has 2 N–H and O–H groups in total. The summed E-state index contributed by atoms with van der Waals surface area (Å²) in [7, 11) is -1.84. The summed E-state index contributed by atoms with van der Waals surface area (Å²) < 4.78 is 32.0. The van der Waals surface area contributed by atoms with Crippen LogP contribution < -0.4 is 5.73 Å². The van der Waals surface area contributed by atoms with E-state index in [0.29, 0.717) is 41.9 Å². The Kier molecular flexibility index (Phi) is 5.14. The Balaban J connectivity index is 2.20. The van der Waals surface area contributed by atoms with Crippen LogP contribution in [0.2, 0.25) is 5.02 Å². The highest BCUT2D eigenvalue weighted by atomic mass is 35.5. The average Bonchev–Trinajstić information content (AvgIpc) is 2.45. The van der Waals surface area contributed by atoms with Gasteiger partial charge in [-0.3, -0.25) is 0 Å². The molecule has 1 aliphatic heterocycles. The second kappa shape index (κ2) is 6.52. The van der Waals surface area contributed by atoms with Gasteiger partial charge in [0.1, 0.15) is 0 Å². The van der Waals surface area contributed by atoms with Gasteiger partial charge in [0.05, 0.1) is 15.6 Å². The van der Waals surface area contributed by atoms with Crippen LogP contribution in [0.3, 0.4) is 0 Å². The summed E-state index contributed by atoms with van der Waals surface area (Å²) in [5.74, 6) is 0.429. The van der Waals surface area contributed by atoms with Crippen LogP contribution in [0.1, 0.15) is 18.4 Å². The van der Waals surface area contributed by atoms with Crippen LogP contribution in [-0.2, 0) is 14.8 Å². The second-order valence-electron chi connectivity index (χ2n) is 5.45. The summed E-state index contributed by atoms with van der Waals surface area (Å²) in [6, 6.07) is 3.02. The van der Waals surface area contributed by atoms with E-state index >= 15 is 0 Å². The number of rotatable bonds is 4. The third-order valence-electron chi connectivity index (χ3n) is 3.87. The van der Waals surface area contributed by atoms with E-state index in [9.17, 15) is 8.42 Å². The van der Waals surface area contributed by atoms with Gasteiger partial charge >= 0.3 is 0 Å². The molecule has 0 atom stereocenters. The lowest BCUT2D eigenvalue weighted by Gasteiger charge is -2.31. The van der Waals surface area contributed by atoms with Crippen molar-refractivity contribution in [2.75, 3.05) is 32.5 Å². The third kappa shape index (κ3) is 3.51. The number of halogens is 1. The summed E-state index contributed by atoms with van der Waals surface area (Å²) in [5.41, 5.74) is 6.74. The molecule has 5 nitrogen and oxygen atoms in total. The Bertz CT molecular complexity index is 588. The second-order valence-corrected chi connectivity index (χ2v) is 7.76. The van der Waals surface area contributed by atoms with Crippen LogP contribution in [-0.4, -0.2) is 39.5 Å². The predicted molar refractivity (Wildman–Crippen MR) is 84.0 cm³/mol. The molecule has 0 radical (unpaired) electrons. The zero-order chi connectivity index (χ0) is 15.6. The first kappa shape index (κ1) is 16.5. The summed E-state index contributed by atoms with van der Waals surface area (Å²) in [4.78, 5) is 0.215. The first-order valence-corrected chi connectivity index (χ1v) is 8.72. The predicted octanol–water partition coefficient (Wildman–Crippen LogP) is 2.28. The number of piperidine rings is 1. The molecule has 1 aliphatic rings. The van der Waals surface area contributed by atoms with Crippen molar-refractivity contribution in [1.82, 2.24) is 4.31 Å². The molecule has 0 unspecified atom stereocenters. The maximum atomic E-state index is 12.7. The fourth-order valence-electron chi connectivity index (χ4n) is 2.61. The molecular weight excluding hydrogens is 312 g/mol. The van der Waals surface area contributed by atoms with Crippen LogP contribution in [0.4, 0.5) is 5.69 Å². The standard InChI is InChI=1S/C14H21ClN2O3S/c1-10-7-12(8-13(16)14(10)15)21(18,19)17-5-3-11(4-6-17)9-20-2/h7-8,11H,3-6,9,16H2,1-2H3. The number of nitrogens with zero attached hydrogens (tertiary/aromatic N) is 1. The Morgan fingerprint density at radius 1 is 1.38 bits per heavy atom. The number of anilines is 1. The number of aryl methyl sites for hydroxylation is 1. The monoisotopic (exact) mass is 332 g/mol. The molecule has 0 saturated carbocycles. The summed E-state index contributed by atoms with van der Waals surface area (Å²) in [6.07, 6.45) is 1.63. The molecule has 0 bridgehead atoms. The lowest BCUT2D eigenvalue weighted by Crippen LogP contribution is -2.39. The molecule has 1 fully saturated rings. The number of nitrogen functional groups attached to an aromatic ring is 1. The van der Waals surface area contributed by atoms with Gasteiger partial charge < -0.3 is 10.5 Å². The highest BCUT2D eigenvalue weighted by Gasteiger charge is 2.30. The quantitative estimate of drug-likeness (QED) is 0.858. The molecule has 0 aliphatic carbocycles. The van der Waals surface area contributed by atoms with Crippen LogP contribution in [0, 0.1) is 12.8 Å². The van der Waals surface area contributed by atoms with Gasteiger partial charge in [-0.05, 0) is 43.4 Å². The van der Waals surface area contributed by atoms with Crippen molar-refractivity contribution in [3.05, 3.63) is 22.7 Å². The van der Waals surface area contributed by atoms with E-state index in [1.165, 1.54) is 10.4 Å². The molecule has 1 aromatic rings. The van der Waals surface area contributed by atoms with Gasteiger partial charge in [0, 0.05) is 26.8 Å². The molecule has 1 saturated heterocycles. The third-order valence-corrected chi connectivity index (χ3v) is 6.26. The van der Waals surface area contributed by atoms with E-state index in [4.69, 9.17) is 22.1 Å². The number of methoxy groups -OCH3 is 1. The van der Waals surface area contributed by atoms with Crippen molar-refractivity contribution >= 4 is 27.3 Å². The van der Waals surface area contributed by atoms with Crippen molar-refractivity contribution in [3.63, 3.8) is 0 Å². The minimum Gasteiger partial charge on any atom is -0.397 e. The number of hydrogen-bond acceptors (Lipinski definition) is 4. The summed E-state index contributed by atoms with van der Waals surface area (Å²) >= 11 is 5.99. The molecule has 2 rings (SSSR count). The van der Waals surface area contributed by atoms with Crippen LogP contribution in [0.5, 0.6) is 0 Å². The van der Waals surface area contributed by atoms with Crippen LogP contribution in [0.25, 0.3) is 0 Å². The molecule has 1 aromatic carbocycles. The zero-order valence-electron chi connectivity index (χ0n) is 12.3. The van der Waals surface area contributed by atoms with Gasteiger partial charge in [0.2, 0.25) is 10.0 Å². The van der Waals surface area contributed by atoms with E-state index in [2.05, 4.69) is 0 Å². The Morgan fingerprint density at radius 3 is 2.52 bits per heavy atom. The van der Waals surface area contributed by atoms with E-state index in [-0.39, 0.29) is 4.90 Å². The van der Waals surface area contributed by atoms with Crippen molar-refractivity contribution in [2.45, 2.75) is 24.7 Å². The number of hydrogen-bond donors (Lipinski definition) is 1. The Morgan fingerprint density at radius 2 is 2.00 bits per heavy atom. The number of ether oxygens (including phenoxy) is 1. The van der Waals surface area contributed by atoms with Crippen LogP contribution in [0.15, 0.2) is 17.0 Å². The smallest absolute Gasteiger partial charge is 0.243 e. The molecule has 1 heterocycles. The number of sulfonamides is 1. The molecular formula is C14H21ClN2O3S. The molecule has 0 aromatic heterocycles. The van der Waals surface area contributed by atoms with Crippen LogP contribution >= 0.6 is 11.6 Å². The fraction of sp³-hybridized carbons (Fsp3) is 0.571. The maximum Gasteiger partial charge on any atom is 0.243 e. The zero-order valence-corrected chi connectivity index (χ0v) is 13.9. The molecule has 0 spiro atoms. The lowest BCUT2D eigenvalue weighted by molar-refractivity contribution is 0.121. The largest absolute Gasteiger partial charge is 0.397 e. The first-order chi connectivity index (χ1) is 9.86. The van der Waals surface area contributed by atoms with Gasteiger partial charge in [-0.1, -0.05) is 11.6 Å². The number of benzene rings is 1. The van der Waals surface area contributed by atoms with E-state index in [1.54, 1.807) is 20.1 Å². The van der Waals surface area contributed by atoms with E-state index < -0.39 is 10.0 Å². The summed E-state index contributed by atoms with van der Waals surface area (Å²) in [5, 5.41) is 0.410.